The van der Waals surface area contributed by atoms with Crippen molar-refractivity contribution in [2.24, 2.45) is 0 Å². The molecule has 0 saturated heterocycles. The van der Waals surface area contributed by atoms with Crippen molar-refractivity contribution in [2.75, 3.05) is 0 Å². The van der Waals surface area contributed by atoms with Crippen LogP contribution >= 0.6 is 0 Å². The van der Waals surface area contributed by atoms with Crippen molar-refractivity contribution in [3.8, 4) is 0 Å². The van der Waals surface area contributed by atoms with E-state index in [9.17, 15) is 4.39 Å². The molecular formula is C17H18FN3. The number of fused-ring (bicyclic) bond motifs is 1. The van der Waals surface area contributed by atoms with Crippen molar-refractivity contribution < 1.29 is 4.39 Å². The number of halogens is 1. The van der Waals surface area contributed by atoms with Crippen molar-refractivity contribution in [2.45, 2.75) is 26.4 Å². The first-order chi connectivity index (χ1) is 10.1. The van der Waals surface area contributed by atoms with E-state index in [2.05, 4.69) is 15.3 Å². The molecule has 1 unspecified atom stereocenters. The second-order valence-corrected chi connectivity index (χ2v) is 5.34. The zero-order valence-corrected chi connectivity index (χ0v) is 12.2. The Bertz CT molecular complexity index is 731. The molecule has 0 bridgehead atoms. The van der Waals surface area contributed by atoms with E-state index in [1.165, 1.54) is 6.07 Å². The average molecular weight is 283 g/mol. The zero-order valence-electron chi connectivity index (χ0n) is 12.2. The summed E-state index contributed by atoms with van der Waals surface area (Å²) in [6, 6.07) is 13.1. The van der Waals surface area contributed by atoms with E-state index in [4.69, 9.17) is 0 Å². The fourth-order valence-electron chi connectivity index (χ4n) is 2.38. The van der Waals surface area contributed by atoms with Crippen molar-refractivity contribution >= 4 is 11.0 Å². The predicted octanol–water partition coefficient (Wildman–Crippen LogP) is 3.86. The molecule has 0 aliphatic heterocycles. The van der Waals surface area contributed by atoms with E-state index in [1.54, 1.807) is 6.07 Å². The predicted molar refractivity (Wildman–Crippen MR) is 82.5 cm³/mol. The third-order valence-electron chi connectivity index (χ3n) is 3.62. The largest absolute Gasteiger partial charge is 0.341 e. The van der Waals surface area contributed by atoms with Gasteiger partial charge < -0.3 is 10.3 Å². The van der Waals surface area contributed by atoms with Crippen LogP contribution in [0, 0.1) is 12.7 Å². The monoisotopic (exact) mass is 283 g/mol. The molecule has 1 heterocycles. The minimum absolute atomic E-state index is 0.0253. The highest BCUT2D eigenvalue weighted by Crippen LogP contribution is 2.17. The fourth-order valence-corrected chi connectivity index (χ4v) is 2.38. The highest BCUT2D eigenvalue weighted by atomic mass is 19.1. The first-order valence-corrected chi connectivity index (χ1v) is 7.06. The first kappa shape index (κ1) is 13.8. The number of para-hydroxylation sites is 2. The van der Waals surface area contributed by atoms with Gasteiger partial charge in [0, 0.05) is 12.1 Å². The molecule has 4 heteroatoms. The number of rotatable bonds is 4. The lowest BCUT2D eigenvalue weighted by Gasteiger charge is -2.12. The molecule has 0 aliphatic rings. The number of nitrogens with zero attached hydrogens (tertiary/aromatic N) is 1. The molecule has 108 valence electrons. The second kappa shape index (κ2) is 5.66. The van der Waals surface area contributed by atoms with Gasteiger partial charge in [-0.15, -0.1) is 0 Å². The molecule has 2 aromatic carbocycles. The van der Waals surface area contributed by atoms with E-state index >= 15 is 0 Å². The molecular weight excluding hydrogens is 265 g/mol. The van der Waals surface area contributed by atoms with Gasteiger partial charge in [-0.1, -0.05) is 29.8 Å². The van der Waals surface area contributed by atoms with Gasteiger partial charge in [-0.3, -0.25) is 0 Å². The molecule has 3 rings (SSSR count). The molecule has 0 fully saturated rings. The van der Waals surface area contributed by atoms with Crippen molar-refractivity contribution in [3.05, 3.63) is 65.2 Å². The van der Waals surface area contributed by atoms with Crippen LogP contribution < -0.4 is 5.32 Å². The zero-order chi connectivity index (χ0) is 14.8. The van der Waals surface area contributed by atoms with Gasteiger partial charge >= 0.3 is 0 Å². The fraction of sp³-hybridized carbons (Fsp3) is 0.235. The number of aryl methyl sites for hydroxylation is 1. The van der Waals surface area contributed by atoms with Crippen LogP contribution in [0.3, 0.4) is 0 Å². The van der Waals surface area contributed by atoms with Gasteiger partial charge in [0.1, 0.15) is 11.6 Å². The van der Waals surface area contributed by atoms with Gasteiger partial charge in [0.25, 0.3) is 0 Å². The van der Waals surface area contributed by atoms with E-state index in [0.717, 1.165) is 22.4 Å². The summed E-state index contributed by atoms with van der Waals surface area (Å²) in [5, 5.41) is 3.31. The Morgan fingerprint density at radius 1 is 1.24 bits per heavy atom. The van der Waals surface area contributed by atoms with Crippen LogP contribution in [0.4, 0.5) is 4.39 Å². The summed E-state index contributed by atoms with van der Waals surface area (Å²) in [5.41, 5.74) is 3.70. The maximum absolute atomic E-state index is 13.7. The molecule has 0 aliphatic carbocycles. The Morgan fingerprint density at radius 2 is 2.05 bits per heavy atom. The molecule has 1 aromatic heterocycles. The third-order valence-corrected chi connectivity index (χ3v) is 3.62. The van der Waals surface area contributed by atoms with Gasteiger partial charge in [-0.2, -0.15) is 0 Å². The maximum Gasteiger partial charge on any atom is 0.127 e. The number of hydrogen-bond donors (Lipinski definition) is 2. The quantitative estimate of drug-likeness (QED) is 0.763. The Balaban J connectivity index is 1.74. The van der Waals surface area contributed by atoms with E-state index in [1.807, 2.05) is 44.2 Å². The summed E-state index contributed by atoms with van der Waals surface area (Å²) in [4.78, 5) is 7.84. The highest BCUT2D eigenvalue weighted by Gasteiger charge is 2.11. The number of H-pyrrole nitrogens is 1. The molecule has 3 aromatic rings. The summed E-state index contributed by atoms with van der Waals surface area (Å²) in [7, 11) is 0. The Hall–Kier alpha value is -2.20. The Kier molecular flexibility index (Phi) is 3.71. The van der Waals surface area contributed by atoms with Crippen LogP contribution in [0.5, 0.6) is 0 Å². The normalized spacial score (nSPS) is 12.7. The Morgan fingerprint density at radius 3 is 2.86 bits per heavy atom. The maximum atomic E-state index is 13.7. The van der Waals surface area contributed by atoms with Crippen molar-refractivity contribution in [1.82, 2.24) is 15.3 Å². The molecule has 0 saturated carbocycles. The number of aromatic amines is 1. The molecule has 0 amide bonds. The summed E-state index contributed by atoms with van der Waals surface area (Å²) in [6.07, 6.45) is 0. The van der Waals surface area contributed by atoms with Gasteiger partial charge in [0.15, 0.2) is 0 Å². The van der Waals surface area contributed by atoms with Crippen LogP contribution in [-0.4, -0.2) is 9.97 Å². The first-order valence-electron chi connectivity index (χ1n) is 7.06. The Labute approximate surface area is 123 Å². The summed E-state index contributed by atoms with van der Waals surface area (Å²) >= 11 is 0. The lowest BCUT2D eigenvalue weighted by molar-refractivity contribution is 0.529. The lowest BCUT2D eigenvalue weighted by atomic mass is 10.1. The minimum Gasteiger partial charge on any atom is -0.341 e. The van der Waals surface area contributed by atoms with Crippen LogP contribution in [0.1, 0.15) is 29.9 Å². The molecule has 0 radical (unpaired) electrons. The van der Waals surface area contributed by atoms with Gasteiger partial charge in [-0.05, 0) is 32.0 Å². The number of benzene rings is 2. The second-order valence-electron chi connectivity index (χ2n) is 5.34. The van der Waals surface area contributed by atoms with Gasteiger partial charge in [0.2, 0.25) is 0 Å². The van der Waals surface area contributed by atoms with Gasteiger partial charge in [0.05, 0.1) is 17.1 Å². The van der Waals surface area contributed by atoms with Crippen molar-refractivity contribution in [1.29, 1.82) is 0 Å². The SMILES string of the molecule is Cc1ccc(F)c(CNC(C)c2nc3ccccc3[nH]2)c1. The number of imidazole rings is 1. The lowest BCUT2D eigenvalue weighted by Crippen LogP contribution is -2.20. The summed E-state index contributed by atoms with van der Waals surface area (Å²) < 4.78 is 13.7. The van der Waals surface area contributed by atoms with E-state index in [0.29, 0.717) is 12.1 Å². The molecule has 21 heavy (non-hydrogen) atoms. The summed E-state index contributed by atoms with van der Waals surface area (Å²) in [5.74, 6) is 0.689. The molecule has 0 spiro atoms. The highest BCUT2D eigenvalue weighted by molar-refractivity contribution is 5.74. The summed E-state index contributed by atoms with van der Waals surface area (Å²) in [6.45, 7) is 4.46. The molecule has 2 N–H and O–H groups in total. The smallest absolute Gasteiger partial charge is 0.127 e. The third kappa shape index (κ3) is 2.95. The van der Waals surface area contributed by atoms with E-state index < -0.39 is 0 Å². The standard InChI is InChI=1S/C17H18FN3/c1-11-7-8-14(18)13(9-11)10-19-12(2)17-20-15-5-3-4-6-16(15)21-17/h3-9,12,19H,10H2,1-2H3,(H,20,21). The number of nitrogens with one attached hydrogen (secondary N) is 2. The van der Waals surface area contributed by atoms with Crippen LogP contribution in [0.25, 0.3) is 11.0 Å². The van der Waals surface area contributed by atoms with Crippen molar-refractivity contribution in [3.63, 3.8) is 0 Å². The van der Waals surface area contributed by atoms with Crippen LogP contribution in [-0.2, 0) is 6.54 Å². The van der Waals surface area contributed by atoms with Crippen LogP contribution in [0.2, 0.25) is 0 Å². The van der Waals surface area contributed by atoms with Gasteiger partial charge in [-0.25, -0.2) is 9.37 Å². The molecule has 3 nitrogen and oxygen atoms in total. The molecule has 1 atom stereocenters. The number of aromatic nitrogens is 2. The van der Waals surface area contributed by atoms with E-state index in [-0.39, 0.29) is 11.9 Å². The average Bonchev–Trinajstić information content (AvgIpc) is 2.92. The number of hydrogen-bond acceptors (Lipinski definition) is 2. The van der Waals surface area contributed by atoms with Crippen LogP contribution in [0.15, 0.2) is 42.5 Å². The minimum atomic E-state index is -0.176. The topological polar surface area (TPSA) is 40.7 Å².